The van der Waals surface area contributed by atoms with Crippen molar-refractivity contribution in [2.75, 3.05) is 19.0 Å². The van der Waals surface area contributed by atoms with Crippen LogP contribution in [-0.4, -0.2) is 24.6 Å². The second-order valence-corrected chi connectivity index (χ2v) is 3.30. The van der Waals surface area contributed by atoms with Crippen LogP contribution in [0.25, 0.3) is 0 Å². The Morgan fingerprint density at radius 2 is 2.47 bits per heavy atom. The van der Waals surface area contributed by atoms with Gasteiger partial charge in [-0.2, -0.15) is 0 Å². The lowest BCUT2D eigenvalue weighted by molar-refractivity contribution is 0.0601. The van der Waals surface area contributed by atoms with Gasteiger partial charge < -0.3 is 10.1 Å². The van der Waals surface area contributed by atoms with E-state index in [-0.39, 0.29) is 0 Å². The first-order valence-electron chi connectivity index (χ1n) is 4.25. The van der Waals surface area contributed by atoms with Gasteiger partial charge in [0.05, 0.1) is 13.7 Å². The Morgan fingerprint density at radius 3 is 3.07 bits per heavy atom. The largest absolute Gasteiger partial charge is 0.465 e. The number of hydrogen-bond donors (Lipinski definition) is 1. The third kappa shape index (κ3) is 3.25. The van der Waals surface area contributed by atoms with Crippen LogP contribution in [0.15, 0.2) is 29.9 Å². The zero-order chi connectivity index (χ0) is 11.3. The van der Waals surface area contributed by atoms with Crippen LogP contribution in [0.2, 0.25) is 0 Å². The van der Waals surface area contributed by atoms with Crippen LogP contribution in [0.1, 0.15) is 10.4 Å². The van der Waals surface area contributed by atoms with E-state index in [4.69, 9.17) is 11.6 Å². The first-order chi connectivity index (χ1) is 7.15. The molecule has 0 bridgehead atoms. The van der Waals surface area contributed by atoms with Gasteiger partial charge in [0.1, 0.15) is 11.4 Å². The van der Waals surface area contributed by atoms with Crippen molar-refractivity contribution in [3.8, 4) is 0 Å². The van der Waals surface area contributed by atoms with Gasteiger partial charge in [-0.1, -0.05) is 18.2 Å². The average Bonchev–Trinajstić information content (AvgIpc) is 2.25. The van der Waals surface area contributed by atoms with Crippen molar-refractivity contribution >= 4 is 23.4 Å². The summed E-state index contributed by atoms with van der Waals surface area (Å²) < 4.78 is 4.61. The highest BCUT2D eigenvalue weighted by Crippen LogP contribution is 2.13. The minimum atomic E-state index is -0.439. The highest BCUT2D eigenvalue weighted by molar-refractivity contribution is 6.29. The highest BCUT2D eigenvalue weighted by Gasteiger charge is 2.11. The summed E-state index contributed by atoms with van der Waals surface area (Å²) in [5.41, 5.74) is 0.373. The molecule has 0 aliphatic rings. The number of carbonyl (C=O) groups excluding carboxylic acids is 1. The molecular weight excluding hydrogens is 216 g/mol. The molecule has 0 spiro atoms. The third-order valence-corrected chi connectivity index (χ3v) is 1.79. The van der Waals surface area contributed by atoms with Crippen molar-refractivity contribution in [1.82, 2.24) is 4.98 Å². The number of hydrogen-bond acceptors (Lipinski definition) is 4. The molecule has 0 aliphatic heterocycles. The molecule has 1 aromatic rings. The Labute approximate surface area is 92.9 Å². The van der Waals surface area contributed by atoms with Gasteiger partial charge in [0.25, 0.3) is 0 Å². The van der Waals surface area contributed by atoms with Crippen molar-refractivity contribution in [1.29, 1.82) is 0 Å². The number of esters is 1. The Kier molecular flexibility index (Phi) is 4.12. The van der Waals surface area contributed by atoms with Gasteiger partial charge in [0, 0.05) is 11.2 Å². The molecule has 0 aromatic carbocycles. The molecule has 1 aromatic heterocycles. The second kappa shape index (κ2) is 5.36. The molecule has 80 valence electrons. The molecule has 0 saturated heterocycles. The summed E-state index contributed by atoms with van der Waals surface area (Å²) in [7, 11) is 1.32. The van der Waals surface area contributed by atoms with E-state index in [1.54, 1.807) is 18.3 Å². The lowest BCUT2D eigenvalue weighted by Crippen LogP contribution is -2.10. The first kappa shape index (κ1) is 11.5. The quantitative estimate of drug-likeness (QED) is 0.799. The van der Waals surface area contributed by atoms with Crippen molar-refractivity contribution in [2.24, 2.45) is 0 Å². The molecule has 0 amide bonds. The van der Waals surface area contributed by atoms with Crippen LogP contribution >= 0.6 is 11.6 Å². The lowest BCUT2D eigenvalue weighted by Gasteiger charge is -2.08. The number of nitrogens with zero attached hydrogens (tertiary/aromatic N) is 1. The van der Waals surface area contributed by atoms with Gasteiger partial charge in [0.15, 0.2) is 0 Å². The van der Waals surface area contributed by atoms with E-state index in [9.17, 15) is 4.79 Å². The average molecular weight is 227 g/mol. The van der Waals surface area contributed by atoms with E-state index in [1.807, 2.05) is 0 Å². The van der Waals surface area contributed by atoms with E-state index < -0.39 is 5.97 Å². The Hall–Kier alpha value is -1.55. The van der Waals surface area contributed by atoms with E-state index in [0.29, 0.717) is 23.0 Å². The van der Waals surface area contributed by atoms with Crippen molar-refractivity contribution < 1.29 is 9.53 Å². The smallest absolute Gasteiger partial charge is 0.341 e. The fourth-order valence-electron chi connectivity index (χ4n) is 1.00. The molecule has 4 nitrogen and oxygen atoms in total. The number of halogens is 1. The fraction of sp³-hybridized carbons (Fsp3) is 0.200. The normalized spacial score (nSPS) is 9.47. The zero-order valence-corrected chi connectivity index (χ0v) is 9.04. The molecular formula is C10H11ClN2O2. The molecule has 0 unspecified atom stereocenters. The van der Waals surface area contributed by atoms with Crippen LogP contribution in [0.5, 0.6) is 0 Å². The van der Waals surface area contributed by atoms with Gasteiger partial charge >= 0.3 is 5.97 Å². The summed E-state index contributed by atoms with van der Waals surface area (Å²) in [5, 5.41) is 3.33. The molecule has 15 heavy (non-hydrogen) atoms. The maximum absolute atomic E-state index is 11.3. The number of anilines is 1. The van der Waals surface area contributed by atoms with E-state index in [1.165, 1.54) is 7.11 Å². The molecule has 0 atom stereocenters. The van der Waals surface area contributed by atoms with Crippen LogP contribution in [0.3, 0.4) is 0 Å². The standard InChI is InChI=1S/C10H11ClN2O2/c1-7(11)6-13-9-8(10(14)15-2)4-3-5-12-9/h3-5H,1,6H2,2H3,(H,12,13). The topological polar surface area (TPSA) is 51.2 Å². The van der Waals surface area contributed by atoms with Crippen LogP contribution in [-0.2, 0) is 4.74 Å². The van der Waals surface area contributed by atoms with Crippen LogP contribution in [0, 0.1) is 0 Å². The minimum Gasteiger partial charge on any atom is -0.465 e. The van der Waals surface area contributed by atoms with E-state index in [2.05, 4.69) is 21.6 Å². The van der Waals surface area contributed by atoms with Gasteiger partial charge in [-0.05, 0) is 12.1 Å². The SMILES string of the molecule is C=C(Cl)CNc1ncccc1C(=O)OC. The van der Waals surface area contributed by atoms with E-state index >= 15 is 0 Å². The number of ether oxygens (including phenoxy) is 1. The van der Waals surface area contributed by atoms with Crippen molar-refractivity contribution in [3.63, 3.8) is 0 Å². The van der Waals surface area contributed by atoms with Gasteiger partial charge in [0.2, 0.25) is 0 Å². The van der Waals surface area contributed by atoms with Gasteiger partial charge in [-0.25, -0.2) is 9.78 Å². The molecule has 1 N–H and O–H groups in total. The summed E-state index contributed by atoms with van der Waals surface area (Å²) in [6.07, 6.45) is 1.58. The number of rotatable bonds is 4. The van der Waals surface area contributed by atoms with Crippen LogP contribution in [0.4, 0.5) is 5.82 Å². The van der Waals surface area contributed by atoms with Crippen molar-refractivity contribution in [2.45, 2.75) is 0 Å². The predicted octanol–water partition coefficient (Wildman–Crippen LogP) is 2.03. The Balaban J connectivity index is 2.86. The first-order valence-corrected chi connectivity index (χ1v) is 4.63. The maximum atomic E-state index is 11.3. The molecule has 0 saturated carbocycles. The number of aromatic nitrogens is 1. The molecule has 0 radical (unpaired) electrons. The van der Waals surface area contributed by atoms with Gasteiger partial charge in [-0.3, -0.25) is 0 Å². The van der Waals surface area contributed by atoms with E-state index in [0.717, 1.165) is 0 Å². The van der Waals surface area contributed by atoms with Crippen LogP contribution < -0.4 is 5.32 Å². The number of pyridine rings is 1. The molecule has 5 heteroatoms. The zero-order valence-electron chi connectivity index (χ0n) is 8.29. The molecule has 1 rings (SSSR count). The summed E-state index contributed by atoms with van der Waals surface area (Å²) in [4.78, 5) is 15.3. The van der Waals surface area contributed by atoms with Gasteiger partial charge in [-0.15, -0.1) is 0 Å². The minimum absolute atomic E-state index is 0.350. The van der Waals surface area contributed by atoms with Crippen molar-refractivity contribution in [3.05, 3.63) is 35.5 Å². The number of nitrogens with one attached hydrogen (secondary N) is 1. The Morgan fingerprint density at radius 1 is 1.73 bits per heavy atom. The fourth-order valence-corrected chi connectivity index (χ4v) is 1.07. The number of carbonyl (C=O) groups is 1. The molecule has 0 fully saturated rings. The maximum Gasteiger partial charge on any atom is 0.341 e. The second-order valence-electron chi connectivity index (χ2n) is 2.76. The molecule has 1 heterocycles. The summed E-state index contributed by atoms with van der Waals surface area (Å²) in [6, 6.07) is 3.28. The highest BCUT2D eigenvalue weighted by atomic mass is 35.5. The summed E-state index contributed by atoms with van der Waals surface area (Å²) in [5.74, 6) is -0.00284. The lowest BCUT2D eigenvalue weighted by atomic mass is 10.2. The predicted molar refractivity (Wildman–Crippen MR) is 59.1 cm³/mol. The molecule has 0 aliphatic carbocycles. The summed E-state index contributed by atoms with van der Waals surface area (Å²) >= 11 is 5.59. The monoisotopic (exact) mass is 226 g/mol. The number of methoxy groups -OCH3 is 1. The Bertz CT molecular complexity index is 379. The third-order valence-electron chi connectivity index (χ3n) is 1.66. The summed E-state index contributed by atoms with van der Waals surface area (Å²) in [6.45, 7) is 3.87.